The van der Waals surface area contributed by atoms with Crippen molar-refractivity contribution in [3.63, 3.8) is 0 Å². The summed E-state index contributed by atoms with van der Waals surface area (Å²) in [5.41, 5.74) is -1.03. The Kier molecular flexibility index (Phi) is 6.53. The minimum Gasteiger partial charge on any atom is -0.462 e. The zero-order valence-corrected chi connectivity index (χ0v) is 14.3. The van der Waals surface area contributed by atoms with Gasteiger partial charge in [-0.25, -0.2) is 9.59 Å². The molecule has 0 saturated carbocycles. The van der Waals surface area contributed by atoms with Crippen LogP contribution >= 0.6 is 0 Å². The van der Waals surface area contributed by atoms with Crippen LogP contribution in [0.15, 0.2) is 24.8 Å². The summed E-state index contributed by atoms with van der Waals surface area (Å²) in [5.74, 6) is -0.955. The number of hydrogen-bond donors (Lipinski definition) is 0. The van der Waals surface area contributed by atoms with Crippen LogP contribution in [-0.4, -0.2) is 43.7 Å². The van der Waals surface area contributed by atoms with Gasteiger partial charge in [-0.2, -0.15) is 0 Å². The Morgan fingerprint density at radius 3 is 2.35 bits per heavy atom. The number of carbonyl (C=O) groups is 2. The third-order valence-corrected chi connectivity index (χ3v) is 3.69. The molecule has 1 aliphatic rings. The van der Waals surface area contributed by atoms with E-state index in [1.165, 1.54) is 0 Å². The topological polar surface area (TPSA) is 71.1 Å². The first kappa shape index (κ1) is 19.4. The van der Waals surface area contributed by atoms with E-state index in [2.05, 4.69) is 13.2 Å². The fourth-order valence-electron chi connectivity index (χ4n) is 2.00. The molecule has 0 spiro atoms. The van der Waals surface area contributed by atoms with Gasteiger partial charge in [0.1, 0.15) is 6.61 Å². The van der Waals surface area contributed by atoms with Crippen LogP contribution in [0.5, 0.6) is 0 Å². The van der Waals surface area contributed by atoms with E-state index in [0.717, 1.165) is 6.08 Å². The lowest BCUT2D eigenvalue weighted by atomic mass is 9.92. The predicted octanol–water partition coefficient (Wildman–Crippen LogP) is 2.38. The van der Waals surface area contributed by atoms with Crippen LogP contribution in [0.2, 0.25) is 0 Å². The molecule has 6 nitrogen and oxygen atoms in total. The zero-order valence-electron chi connectivity index (χ0n) is 14.3. The second kappa shape index (κ2) is 7.75. The molecule has 1 fully saturated rings. The molecule has 6 heteroatoms. The van der Waals surface area contributed by atoms with Crippen LogP contribution in [0.4, 0.5) is 0 Å². The first-order valence-corrected chi connectivity index (χ1v) is 7.57. The molecule has 0 atom stereocenters. The van der Waals surface area contributed by atoms with Crippen molar-refractivity contribution in [2.45, 2.75) is 46.0 Å². The summed E-state index contributed by atoms with van der Waals surface area (Å²) in [4.78, 5) is 23.0. The lowest BCUT2D eigenvalue weighted by molar-refractivity contribution is -0.293. The summed E-state index contributed by atoms with van der Waals surface area (Å²) in [7, 11) is 0. The Balaban J connectivity index is 2.64. The molecule has 1 heterocycles. The molecular weight excluding hydrogens is 300 g/mol. The molecule has 0 radical (unpaired) electrons. The summed E-state index contributed by atoms with van der Waals surface area (Å²) in [6.45, 7) is 14.7. The molecule has 0 aliphatic carbocycles. The van der Waals surface area contributed by atoms with Crippen LogP contribution in [0, 0.1) is 5.41 Å². The fraction of sp³-hybridized carbons (Fsp3) is 0.647. The molecule has 0 aromatic heterocycles. The first-order valence-electron chi connectivity index (χ1n) is 7.57. The second-order valence-corrected chi connectivity index (χ2v) is 6.46. The summed E-state index contributed by atoms with van der Waals surface area (Å²) >= 11 is 0. The summed E-state index contributed by atoms with van der Waals surface area (Å²) < 4.78 is 22.0. The van der Waals surface area contributed by atoms with Crippen LogP contribution in [0.25, 0.3) is 0 Å². The largest absolute Gasteiger partial charge is 0.462 e. The molecule has 0 bridgehead atoms. The number of rotatable bonds is 7. The van der Waals surface area contributed by atoms with Gasteiger partial charge in [0.2, 0.25) is 0 Å². The molecule has 1 aliphatic heterocycles. The van der Waals surface area contributed by atoms with E-state index in [-0.39, 0.29) is 19.8 Å². The predicted molar refractivity (Wildman–Crippen MR) is 84.6 cm³/mol. The maximum absolute atomic E-state index is 11.8. The Bertz CT molecular complexity index is 471. The lowest BCUT2D eigenvalue weighted by Gasteiger charge is -2.43. The highest BCUT2D eigenvalue weighted by molar-refractivity contribution is 5.87. The lowest BCUT2D eigenvalue weighted by Crippen LogP contribution is -2.54. The summed E-state index contributed by atoms with van der Waals surface area (Å²) in [5, 5.41) is 0. The van der Waals surface area contributed by atoms with Crippen molar-refractivity contribution in [1.29, 1.82) is 0 Å². The van der Waals surface area contributed by atoms with Crippen molar-refractivity contribution in [3.8, 4) is 0 Å². The minimum atomic E-state index is -0.819. The van der Waals surface area contributed by atoms with Gasteiger partial charge in [0.25, 0.3) is 0 Å². The molecule has 0 amide bonds. The van der Waals surface area contributed by atoms with Gasteiger partial charge in [0, 0.05) is 17.1 Å². The van der Waals surface area contributed by atoms with Gasteiger partial charge in [-0.1, -0.05) is 33.9 Å². The SMILES string of the molecule is C=CC(=O)OCC(C)(C)C1OCC(CC)(OC(=O)C(=C)C)CO1. The van der Waals surface area contributed by atoms with Crippen LogP contribution in [0.3, 0.4) is 0 Å². The normalized spacial score (nSPS) is 24.6. The highest BCUT2D eigenvalue weighted by Gasteiger charge is 2.44. The number of carbonyl (C=O) groups excluding carboxylic acids is 2. The Morgan fingerprint density at radius 1 is 1.35 bits per heavy atom. The molecule has 1 rings (SSSR count). The number of hydrogen-bond acceptors (Lipinski definition) is 6. The summed E-state index contributed by atoms with van der Waals surface area (Å²) in [6.07, 6.45) is 1.10. The highest BCUT2D eigenvalue weighted by Crippen LogP contribution is 2.33. The molecule has 1 saturated heterocycles. The molecule has 0 aromatic carbocycles. The van der Waals surface area contributed by atoms with Crippen molar-refractivity contribution < 1.29 is 28.5 Å². The van der Waals surface area contributed by atoms with E-state index in [9.17, 15) is 9.59 Å². The molecule has 0 aromatic rings. The van der Waals surface area contributed by atoms with E-state index >= 15 is 0 Å². The third-order valence-electron chi connectivity index (χ3n) is 3.69. The highest BCUT2D eigenvalue weighted by atomic mass is 16.7. The van der Waals surface area contributed by atoms with Gasteiger partial charge in [-0.3, -0.25) is 0 Å². The smallest absolute Gasteiger partial charge is 0.333 e. The maximum atomic E-state index is 11.8. The maximum Gasteiger partial charge on any atom is 0.333 e. The van der Waals surface area contributed by atoms with Crippen molar-refractivity contribution in [1.82, 2.24) is 0 Å². The molecule has 0 N–H and O–H groups in total. The Hall–Kier alpha value is -1.66. The van der Waals surface area contributed by atoms with E-state index in [4.69, 9.17) is 18.9 Å². The summed E-state index contributed by atoms with van der Waals surface area (Å²) in [6, 6.07) is 0. The van der Waals surface area contributed by atoms with Crippen LogP contribution < -0.4 is 0 Å². The van der Waals surface area contributed by atoms with Crippen LogP contribution in [0.1, 0.15) is 34.1 Å². The second-order valence-electron chi connectivity index (χ2n) is 6.46. The molecule has 0 unspecified atom stereocenters. The third kappa shape index (κ3) is 5.18. The monoisotopic (exact) mass is 326 g/mol. The van der Waals surface area contributed by atoms with E-state index < -0.39 is 29.2 Å². The Morgan fingerprint density at radius 2 is 1.91 bits per heavy atom. The zero-order chi connectivity index (χ0) is 17.7. The van der Waals surface area contributed by atoms with Gasteiger partial charge >= 0.3 is 11.9 Å². The standard InChI is InChI=1S/C17H26O6/c1-7-13(18)20-9-16(5,6)15-21-10-17(8-2,11-22-15)23-14(19)12(3)4/h7,15H,1,3,8-11H2,2,4-6H3. The van der Waals surface area contributed by atoms with Gasteiger partial charge < -0.3 is 18.9 Å². The van der Waals surface area contributed by atoms with E-state index in [1.807, 2.05) is 20.8 Å². The van der Waals surface area contributed by atoms with Crippen LogP contribution in [-0.2, 0) is 28.5 Å². The molecule has 130 valence electrons. The minimum absolute atomic E-state index is 0.132. The van der Waals surface area contributed by atoms with Crippen molar-refractivity contribution in [2.24, 2.45) is 5.41 Å². The number of esters is 2. The average Bonchev–Trinajstić information content (AvgIpc) is 2.52. The Labute approximate surface area is 137 Å². The van der Waals surface area contributed by atoms with Gasteiger partial charge in [-0.05, 0) is 13.3 Å². The van der Waals surface area contributed by atoms with E-state index in [1.54, 1.807) is 6.92 Å². The van der Waals surface area contributed by atoms with Gasteiger partial charge in [-0.15, -0.1) is 0 Å². The average molecular weight is 326 g/mol. The van der Waals surface area contributed by atoms with Crippen molar-refractivity contribution in [3.05, 3.63) is 24.8 Å². The first-order chi connectivity index (χ1) is 10.7. The fourth-order valence-corrected chi connectivity index (χ4v) is 2.00. The molecule has 23 heavy (non-hydrogen) atoms. The molecular formula is C17H26O6. The van der Waals surface area contributed by atoms with Crippen molar-refractivity contribution >= 4 is 11.9 Å². The van der Waals surface area contributed by atoms with Gasteiger partial charge in [0.15, 0.2) is 11.9 Å². The van der Waals surface area contributed by atoms with Crippen molar-refractivity contribution in [2.75, 3.05) is 19.8 Å². The van der Waals surface area contributed by atoms with E-state index in [0.29, 0.717) is 12.0 Å². The quantitative estimate of drug-likeness (QED) is 0.528. The van der Waals surface area contributed by atoms with Gasteiger partial charge in [0.05, 0.1) is 13.2 Å². The number of ether oxygens (including phenoxy) is 4.